The lowest BCUT2D eigenvalue weighted by Gasteiger charge is -2.16. The van der Waals surface area contributed by atoms with Gasteiger partial charge in [-0.1, -0.05) is 36.2 Å². The van der Waals surface area contributed by atoms with E-state index in [1.54, 1.807) is 5.32 Å². The minimum Gasteiger partial charge on any atom is -0.326 e. The molecule has 0 aliphatic heterocycles. The molecule has 3 N–H and O–H groups in total. The molecule has 44 heavy (non-hydrogen) atoms. The van der Waals surface area contributed by atoms with E-state index in [-0.39, 0.29) is 21.3 Å². The minimum atomic E-state index is -4.69. The molecule has 3 atom stereocenters. The second-order valence-electron chi connectivity index (χ2n) is 9.93. The number of hydrogen-bond donors (Lipinski definition) is 3. The average Bonchev–Trinajstić information content (AvgIpc) is 3.51. The van der Waals surface area contributed by atoms with Crippen molar-refractivity contribution in [2.24, 2.45) is 11.8 Å². The quantitative estimate of drug-likeness (QED) is 0.162. The van der Waals surface area contributed by atoms with Gasteiger partial charge in [-0.15, -0.1) is 23.2 Å². The second kappa shape index (κ2) is 12.7. The number of benzene rings is 3. The lowest BCUT2D eigenvalue weighted by molar-refractivity contribution is -0.150. The highest BCUT2D eigenvalue weighted by Gasteiger charge is 2.67. The number of carbonyl (C=O) groups is 3. The highest BCUT2D eigenvalue weighted by molar-refractivity contribution is 6.53. The largest absolute Gasteiger partial charge is 0.389 e. The zero-order chi connectivity index (χ0) is 32.7. The number of nitrogens with one attached hydrogen (secondary N) is 3. The van der Waals surface area contributed by atoms with Gasteiger partial charge in [0.15, 0.2) is 5.82 Å². The molecule has 4 rings (SSSR count). The summed E-state index contributed by atoms with van der Waals surface area (Å²) in [6.07, 6.45) is -6.21. The van der Waals surface area contributed by atoms with Crippen molar-refractivity contribution < 1.29 is 40.7 Å². The smallest absolute Gasteiger partial charge is 0.326 e. The normalized spacial score (nSPS) is 17.9. The topological polar surface area (TPSA) is 87.3 Å². The summed E-state index contributed by atoms with van der Waals surface area (Å²) < 4.78 is 79.2. The fourth-order valence-electron chi connectivity index (χ4n) is 4.41. The van der Waals surface area contributed by atoms with Gasteiger partial charge in [-0.2, -0.15) is 13.2 Å². The second-order valence-corrected chi connectivity index (χ2v) is 12.2. The molecule has 234 valence electrons. The number of alkyl halides is 5. The van der Waals surface area contributed by atoms with E-state index in [9.17, 15) is 36.3 Å². The Hall–Kier alpha value is -3.19. The molecule has 1 aliphatic rings. The predicted octanol–water partition coefficient (Wildman–Crippen LogP) is 8.72. The summed E-state index contributed by atoms with van der Waals surface area (Å²) in [6.45, 7) is 0.931. The predicted molar refractivity (Wildman–Crippen MR) is 155 cm³/mol. The zero-order valence-electron chi connectivity index (χ0n) is 22.1. The van der Waals surface area contributed by atoms with Gasteiger partial charge in [-0.3, -0.25) is 14.4 Å². The van der Waals surface area contributed by atoms with Crippen molar-refractivity contribution in [2.45, 2.75) is 29.8 Å². The van der Waals surface area contributed by atoms with Crippen LogP contribution in [0.3, 0.4) is 0 Å². The van der Waals surface area contributed by atoms with E-state index in [4.69, 9.17) is 46.4 Å². The van der Waals surface area contributed by atoms with Crippen LogP contribution in [-0.2, 0) is 9.59 Å². The molecule has 3 amide bonds. The molecule has 1 saturated carbocycles. The Morgan fingerprint density at radius 3 is 2.18 bits per heavy atom. The molecule has 0 heterocycles. The van der Waals surface area contributed by atoms with Crippen LogP contribution in [0, 0.1) is 29.3 Å². The van der Waals surface area contributed by atoms with Crippen molar-refractivity contribution in [1.82, 2.24) is 0 Å². The lowest BCUT2D eigenvalue weighted by Crippen LogP contribution is -2.26. The molecule has 0 spiro atoms. The van der Waals surface area contributed by atoms with E-state index in [1.807, 2.05) is 0 Å². The Bertz CT molecular complexity index is 1650. The van der Waals surface area contributed by atoms with E-state index in [0.29, 0.717) is 11.6 Å². The summed E-state index contributed by atoms with van der Waals surface area (Å²) in [5.74, 6) is -9.78. The Labute approximate surface area is 266 Å². The molecule has 0 aromatic heterocycles. The summed E-state index contributed by atoms with van der Waals surface area (Å²) in [7, 11) is 0. The van der Waals surface area contributed by atoms with Crippen molar-refractivity contribution in [3.05, 3.63) is 87.2 Å². The molecule has 16 heteroatoms. The fraction of sp³-hybridized carbons (Fsp3) is 0.250. The minimum absolute atomic E-state index is 0.0580. The standard InChI is InChI=1S/C28H19Cl4F6N3O3/c1-11(10-27(36,37)38)24(42)41-23-18(34)6-7-19(22(23)35)40-25(43)14-9-13(3-4-15(14)29)39-26(44)21-20(28(21,31)32)12-2-5-17(33)16(30)8-12/h2-9,11,20-21H,10H2,1H3,(H,39,44)(H,40,43)(H,41,42)/t11-,20-,21+/m0/s1. The van der Waals surface area contributed by atoms with E-state index in [1.165, 1.54) is 24.3 Å². The van der Waals surface area contributed by atoms with Crippen molar-refractivity contribution in [1.29, 1.82) is 0 Å². The summed E-state index contributed by atoms with van der Waals surface area (Å²) >= 11 is 24.6. The van der Waals surface area contributed by atoms with Gasteiger partial charge in [0.25, 0.3) is 5.91 Å². The Morgan fingerprint density at radius 1 is 0.886 bits per heavy atom. The SMILES string of the molecule is C[C@@H](CC(F)(F)F)C(=O)Nc1c(F)ccc(NC(=O)c2cc(NC(=O)[C@H]3[C@H](c4ccc(F)c(Cl)c4)C3(Cl)Cl)ccc2Cl)c1F. The molecule has 0 bridgehead atoms. The number of halogens is 10. The molecule has 0 radical (unpaired) electrons. The molecular formula is C28H19Cl4F6N3O3. The van der Waals surface area contributed by atoms with Crippen LogP contribution in [0.4, 0.5) is 43.4 Å². The summed E-state index contributed by atoms with van der Waals surface area (Å²) in [5, 5.41) is 6.15. The maximum Gasteiger partial charge on any atom is 0.389 e. The third kappa shape index (κ3) is 7.36. The number of hydrogen-bond acceptors (Lipinski definition) is 3. The van der Waals surface area contributed by atoms with Crippen molar-refractivity contribution in [2.75, 3.05) is 16.0 Å². The van der Waals surface area contributed by atoms with Gasteiger partial charge in [0, 0.05) is 17.5 Å². The molecule has 1 aliphatic carbocycles. The number of rotatable bonds is 8. The maximum absolute atomic E-state index is 15.1. The third-order valence-electron chi connectivity index (χ3n) is 6.69. The molecule has 6 nitrogen and oxygen atoms in total. The van der Waals surface area contributed by atoms with Crippen molar-refractivity contribution in [3.63, 3.8) is 0 Å². The van der Waals surface area contributed by atoms with E-state index >= 15 is 4.39 Å². The molecule has 0 saturated heterocycles. The first-order valence-electron chi connectivity index (χ1n) is 12.5. The Kier molecular flexibility index (Phi) is 9.70. The lowest BCUT2D eigenvalue weighted by atomic mass is 10.1. The van der Waals surface area contributed by atoms with Crippen LogP contribution < -0.4 is 16.0 Å². The summed E-state index contributed by atoms with van der Waals surface area (Å²) in [6, 6.07) is 9.05. The van der Waals surface area contributed by atoms with Crippen molar-refractivity contribution in [3.8, 4) is 0 Å². The van der Waals surface area contributed by atoms with Gasteiger partial charge in [-0.25, -0.2) is 13.2 Å². The van der Waals surface area contributed by atoms with E-state index in [0.717, 1.165) is 25.1 Å². The molecule has 3 aromatic carbocycles. The zero-order valence-corrected chi connectivity index (χ0v) is 25.1. The maximum atomic E-state index is 15.1. The van der Waals surface area contributed by atoms with Crippen LogP contribution in [0.15, 0.2) is 48.5 Å². The van der Waals surface area contributed by atoms with Crippen LogP contribution >= 0.6 is 46.4 Å². The first kappa shape index (κ1) is 33.7. The van der Waals surface area contributed by atoms with E-state index in [2.05, 4.69) is 10.6 Å². The van der Waals surface area contributed by atoms with Crippen LogP contribution in [0.5, 0.6) is 0 Å². The summed E-state index contributed by atoms with van der Waals surface area (Å²) in [5.41, 5.74) is -1.49. The van der Waals surface area contributed by atoms with Gasteiger partial charge in [0.1, 0.15) is 21.7 Å². The van der Waals surface area contributed by atoms with Gasteiger partial charge < -0.3 is 16.0 Å². The van der Waals surface area contributed by atoms with Gasteiger partial charge in [0.05, 0.1) is 33.6 Å². The molecule has 1 fully saturated rings. The van der Waals surface area contributed by atoms with E-state index < -0.39 is 81.2 Å². The van der Waals surface area contributed by atoms with Crippen LogP contribution in [0.1, 0.15) is 35.2 Å². The Balaban J connectivity index is 1.49. The number of carbonyl (C=O) groups excluding carboxylic acids is 3. The monoisotopic (exact) mass is 699 g/mol. The molecular weight excluding hydrogens is 682 g/mol. The molecule has 0 unspecified atom stereocenters. The molecule has 3 aromatic rings. The van der Waals surface area contributed by atoms with Crippen LogP contribution in [0.25, 0.3) is 0 Å². The first-order valence-corrected chi connectivity index (χ1v) is 14.0. The number of anilines is 3. The van der Waals surface area contributed by atoms with Gasteiger partial charge in [-0.05, 0) is 48.0 Å². The fourth-order valence-corrected chi connectivity index (χ4v) is 5.63. The summed E-state index contributed by atoms with van der Waals surface area (Å²) in [4.78, 5) is 38.1. The Morgan fingerprint density at radius 2 is 1.55 bits per heavy atom. The third-order valence-corrected chi connectivity index (χ3v) is 8.25. The van der Waals surface area contributed by atoms with Crippen molar-refractivity contribution >= 4 is 81.2 Å². The number of amides is 3. The highest BCUT2D eigenvalue weighted by Crippen LogP contribution is 2.65. The first-order chi connectivity index (χ1) is 20.4. The van der Waals surface area contributed by atoms with Gasteiger partial charge >= 0.3 is 6.18 Å². The average molecular weight is 701 g/mol. The van der Waals surface area contributed by atoms with Crippen LogP contribution in [0.2, 0.25) is 10.0 Å². The highest BCUT2D eigenvalue weighted by atomic mass is 35.5. The van der Waals surface area contributed by atoms with Crippen LogP contribution in [-0.4, -0.2) is 28.2 Å². The van der Waals surface area contributed by atoms with Gasteiger partial charge in [0.2, 0.25) is 11.8 Å².